The number of hydrogen-bond donors (Lipinski definition) is 3. The van der Waals surface area contributed by atoms with Crippen molar-refractivity contribution < 1.29 is 37.7 Å². The Morgan fingerprint density at radius 3 is 2.44 bits per heavy atom. The predicted molar refractivity (Wildman–Crippen MR) is 154 cm³/mol. The maximum Gasteiger partial charge on any atom is 0.341 e. The average Bonchev–Trinajstić information content (AvgIpc) is 3.23. The first-order valence-electron chi connectivity index (χ1n) is 11.4. The smallest absolute Gasteiger partial charge is 0.341 e. The van der Waals surface area contributed by atoms with Gasteiger partial charge in [0.25, 0.3) is 5.91 Å². The number of aliphatic hydroxyl groups is 1. The summed E-state index contributed by atoms with van der Waals surface area (Å²) in [5.41, 5.74) is -2.40. The third kappa shape index (κ3) is 4.55. The molecule has 0 radical (unpaired) electrons. The molecule has 0 saturated carbocycles. The van der Waals surface area contributed by atoms with Crippen LogP contribution in [0.15, 0.2) is 46.0 Å². The maximum atomic E-state index is 13.5. The van der Waals surface area contributed by atoms with E-state index >= 15 is 0 Å². The molecule has 0 fully saturated rings. The number of phenols is 1. The molecule has 5 rings (SSSR count). The summed E-state index contributed by atoms with van der Waals surface area (Å²) in [4.78, 5) is 26.5. The normalized spacial score (nSPS) is 22.8. The number of carbonyl (C=O) groups excluding carboxylic acids is 2. The predicted octanol–water partition coefficient (Wildman–Crippen LogP) is 6.23. The highest BCUT2D eigenvalue weighted by Crippen LogP contribution is 2.62. The molecule has 216 valence electrons. The number of sulfone groups is 1. The number of phenolic OH excluding ortho intramolecular Hbond substituents is 1. The van der Waals surface area contributed by atoms with Crippen LogP contribution in [0.5, 0.6) is 11.5 Å². The number of benzene rings is 2. The molecule has 3 atom stereocenters. The number of esters is 1. The SMILES string of the molecule is C=CS(=O)(=O)CCNC(=O)c1cc(Cl)c2c(c1Cl)C(=O)OC21c2cc(Cl)c(O)c(Cl)c2OC2C(Cl)=C(O)C(Cl)=CC21. The summed E-state index contributed by atoms with van der Waals surface area (Å²) in [6.45, 7) is 2.93. The van der Waals surface area contributed by atoms with E-state index in [4.69, 9.17) is 79.1 Å². The average molecular weight is 702 g/mol. The molecule has 2 aromatic rings. The van der Waals surface area contributed by atoms with Crippen LogP contribution >= 0.6 is 69.6 Å². The largest absolute Gasteiger partial charge is 0.505 e. The zero-order valence-corrected chi connectivity index (χ0v) is 25.5. The lowest BCUT2D eigenvalue weighted by molar-refractivity contribution is -0.0434. The van der Waals surface area contributed by atoms with Crippen molar-refractivity contribution in [3.05, 3.63) is 88.4 Å². The highest BCUT2D eigenvalue weighted by atomic mass is 35.5. The first-order valence-corrected chi connectivity index (χ1v) is 15.4. The van der Waals surface area contributed by atoms with E-state index in [1.165, 1.54) is 18.2 Å². The first kappa shape index (κ1) is 30.2. The molecular formula is C25H15Cl6NO8S. The molecular weight excluding hydrogens is 687 g/mol. The van der Waals surface area contributed by atoms with Gasteiger partial charge in [-0.15, -0.1) is 0 Å². The minimum Gasteiger partial charge on any atom is -0.505 e. The molecule has 2 heterocycles. The Balaban J connectivity index is 1.73. The molecule has 9 nitrogen and oxygen atoms in total. The molecule has 16 heteroatoms. The van der Waals surface area contributed by atoms with Crippen LogP contribution in [0.25, 0.3) is 0 Å². The van der Waals surface area contributed by atoms with Crippen molar-refractivity contribution in [1.29, 1.82) is 0 Å². The van der Waals surface area contributed by atoms with Gasteiger partial charge in [0.2, 0.25) is 0 Å². The van der Waals surface area contributed by atoms with Gasteiger partial charge in [0.15, 0.2) is 26.9 Å². The van der Waals surface area contributed by atoms with Crippen molar-refractivity contribution in [2.75, 3.05) is 12.3 Å². The fourth-order valence-electron chi connectivity index (χ4n) is 4.98. The van der Waals surface area contributed by atoms with Crippen molar-refractivity contribution in [2.24, 2.45) is 5.92 Å². The molecule has 1 amide bonds. The second-order valence-electron chi connectivity index (χ2n) is 9.06. The Bertz CT molecular complexity index is 1750. The number of ether oxygens (including phenoxy) is 2. The summed E-state index contributed by atoms with van der Waals surface area (Å²) < 4.78 is 35.4. The number of rotatable bonds is 5. The van der Waals surface area contributed by atoms with Gasteiger partial charge in [0, 0.05) is 28.1 Å². The van der Waals surface area contributed by atoms with E-state index in [0.717, 1.165) is 5.41 Å². The molecule has 3 N–H and O–H groups in total. The van der Waals surface area contributed by atoms with Crippen LogP contribution in [-0.2, 0) is 20.2 Å². The molecule has 41 heavy (non-hydrogen) atoms. The van der Waals surface area contributed by atoms with E-state index in [0.29, 0.717) is 0 Å². The number of halogens is 6. The van der Waals surface area contributed by atoms with Crippen molar-refractivity contribution >= 4 is 91.3 Å². The second-order valence-corrected chi connectivity index (χ2v) is 13.5. The number of allylic oxidation sites excluding steroid dienone is 1. The number of aromatic hydroxyl groups is 1. The summed E-state index contributed by atoms with van der Waals surface area (Å²) in [5.74, 6) is -4.52. The summed E-state index contributed by atoms with van der Waals surface area (Å²) in [5, 5.41) is 22.5. The maximum absolute atomic E-state index is 13.5. The zero-order valence-electron chi connectivity index (χ0n) is 20.1. The highest BCUT2D eigenvalue weighted by molar-refractivity contribution is 7.94. The van der Waals surface area contributed by atoms with Gasteiger partial charge in [0.05, 0.1) is 37.9 Å². The molecule has 0 bridgehead atoms. The third-order valence-corrected chi connectivity index (χ3v) is 10.1. The topological polar surface area (TPSA) is 139 Å². The molecule has 2 aromatic carbocycles. The van der Waals surface area contributed by atoms with Crippen LogP contribution in [0.4, 0.5) is 0 Å². The fraction of sp³-hybridized carbons (Fsp3) is 0.200. The number of aliphatic hydroxyl groups excluding tert-OH is 1. The Morgan fingerprint density at radius 2 is 1.78 bits per heavy atom. The number of nitrogens with one attached hydrogen (secondary N) is 1. The van der Waals surface area contributed by atoms with E-state index < -0.39 is 56.6 Å². The number of fused-ring (bicyclic) bond motifs is 6. The van der Waals surface area contributed by atoms with Gasteiger partial charge >= 0.3 is 5.97 Å². The van der Waals surface area contributed by atoms with Gasteiger partial charge in [-0.05, 0) is 12.1 Å². The van der Waals surface area contributed by atoms with Crippen molar-refractivity contribution in [1.82, 2.24) is 5.32 Å². The summed E-state index contributed by atoms with van der Waals surface area (Å²) in [6, 6.07) is 2.44. The lowest BCUT2D eigenvalue weighted by atomic mass is 9.69. The van der Waals surface area contributed by atoms with Crippen LogP contribution in [0.3, 0.4) is 0 Å². The van der Waals surface area contributed by atoms with Crippen molar-refractivity contribution in [3.63, 3.8) is 0 Å². The number of hydrogen-bond acceptors (Lipinski definition) is 8. The molecule has 1 aliphatic carbocycles. The van der Waals surface area contributed by atoms with Crippen molar-refractivity contribution in [2.45, 2.75) is 11.7 Å². The molecule has 2 aliphatic heterocycles. The van der Waals surface area contributed by atoms with E-state index in [2.05, 4.69) is 11.9 Å². The fourth-order valence-corrected chi connectivity index (χ4v) is 7.26. The Labute approximate surface area is 262 Å². The van der Waals surface area contributed by atoms with Gasteiger partial charge < -0.3 is 25.0 Å². The Morgan fingerprint density at radius 1 is 1.10 bits per heavy atom. The van der Waals surface area contributed by atoms with E-state index in [1.807, 2.05) is 0 Å². The van der Waals surface area contributed by atoms with Gasteiger partial charge in [-0.2, -0.15) is 0 Å². The monoisotopic (exact) mass is 699 g/mol. The lowest BCUT2D eigenvalue weighted by Gasteiger charge is -2.46. The van der Waals surface area contributed by atoms with Crippen LogP contribution < -0.4 is 10.1 Å². The molecule has 1 spiro atoms. The van der Waals surface area contributed by atoms with E-state index in [-0.39, 0.29) is 64.7 Å². The van der Waals surface area contributed by atoms with Gasteiger partial charge in [0.1, 0.15) is 21.9 Å². The number of carbonyl (C=O) groups is 2. The standard InChI is InChI=1S/C25H15Cl6NO8S/c1-2-41(37,38)4-3-32-23(35)8-5-11(26)15-14(16(8)29)24(36)40-25(15)9-6-12(27)19(33)17(30)21(9)39-22-10(25)7-13(28)20(34)18(22)31/h2,5-7,9,21,33-34H,1,3-4H2,(H,32,35). The molecule has 0 saturated heterocycles. The van der Waals surface area contributed by atoms with Crippen LogP contribution in [0.1, 0.15) is 31.8 Å². The zero-order chi connectivity index (χ0) is 30.2. The van der Waals surface area contributed by atoms with Gasteiger partial charge in [-0.3, -0.25) is 4.79 Å². The molecule has 3 aliphatic rings. The van der Waals surface area contributed by atoms with E-state index in [1.54, 1.807) is 0 Å². The highest BCUT2D eigenvalue weighted by Gasteiger charge is 2.62. The van der Waals surface area contributed by atoms with Crippen molar-refractivity contribution in [3.8, 4) is 11.5 Å². The summed E-state index contributed by atoms with van der Waals surface area (Å²) in [7, 11) is -3.60. The summed E-state index contributed by atoms with van der Waals surface area (Å²) >= 11 is 38.7. The quantitative estimate of drug-likeness (QED) is 0.312. The third-order valence-electron chi connectivity index (χ3n) is 6.83. The second kappa shape index (κ2) is 10.4. The van der Waals surface area contributed by atoms with Crippen LogP contribution in [0, 0.1) is 5.92 Å². The summed E-state index contributed by atoms with van der Waals surface area (Å²) in [6.07, 6.45) is 0.103. The Hall–Kier alpha value is -2.31. The van der Waals surface area contributed by atoms with Crippen LogP contribution in [-0.4, -0.2) is 48.9 Å². The molecule has 0 aromatic heterocycles. The first-order chi connectivity index (χ1) is 19.2. The van der Waals surface area contributed by atoms with Gasteiger partial charge in [-0.1, -0.05) is 82.3 Å². The minimum atomic E-state index is -3.60. The van der Waals surface area contributed by atoms with E-state index in [9.17, 15) is 28.2 Å². The Kier molecular flexibility index (Phi) is 7.68. The van der Waals surface area contributed by atoms with Crippen LogP contribution in [0.2, 0.25) is 20.1 Å². The molecule has 3 unspecified atom stereocenters. The van der Waals surface area contributed by atoms with Gasteiger partial charge in [-0.25, -0.2) is 13.2 Å². The lowest BCUT2D eigenvalue weighted by Crippen LogP contribution is -2.50. The number of amides is 1. The minimum absolute atomic E-state index is 0.0103.